The van der Waals surface area contributed by atoms with Gasteiger partial charge in [-0.3, -0.25) is 4.79 Å². The molecule has 1 aromatic heterocycles. The minimum absolute atomic E-state index is 0.0352. The Morgan fingerprint density at radius 1 is 1.37 bits per heavy atom. The van der Waals surface area contributed by atoms with E-state index in [2.05, 4.69) is 15.5 Å². The van der Waals surface area contributed by atoms with Crippen molar-refractivity contribution in [2.24, 2.45) is 0 Å². The Morgan fingerprint density at radius 2 is 2.11 bits per heavy atom. The highest BCUT2D eigenvalue weighted by atomic mass is 32.2. The third kappa shape index (κ3) is 3.57. The first kappa shape index (κ1) is 13.6. The number of thioether (sulfide) groups is 1. The second kappa shape index (κ2) is 6.38. The summed E-state index contributed by atoms with van der Waals surface area (Å²) < 4.78 is 5.53. The Bertz CT molecular complexity index is 542. The Morgan fingerprint density at radius 3 is 2.79 bits per heavy atom. The van der Waals surface area contributed by atoms with Crippen LogP contribution in [-0.4, -0.2) is 27.9 Å². The minimum atomic E-state index is -0.260. The predicted molar refractivity (Wildman–Crippen MR) is 73.7 cm³/mol. The number of hydrogen-bond donors (Lipinski definition) is 1. The minimum Gasteiger partial charge on any atom is -0.411 e. The van der Waals surface area contributed by atoms with Crippen LogP contribution in [0.15, 0.2) is 40.0 Å². The first-order valence-corrected chi connectivity index (χ1v) is 6.92. The van der Waals surface area contributed by atoms with Crippen molar-refractivity contribution in [1.29, 1.82) is 0 Å². The maximum atomic E-state index is 11.6. The van der Waals surface area contributed by atoms with Crippen LogP contribution >= 0.6 is 11.8 Å². The lowest BCUT2D eigenvalue weighted by Gasteiger charge is -2.07. The molecular weight excluding hydrogens is 262 g/mol. The van der Waals surface area contributed by atoms with Crippen molar-refractivity contribution in [2.75, 3.05) is 6.54 Å². The molecule has 0 spiro atoms. The average molecular weight is 277 g/mol. The Kier molecular flexibility index (Phi) is 4.57. The zero-order chi connectivity index (χ0) is 13.7. The molecule has 0 aliphatic rings. The molecule has 5 nitrogen and oxygen atoms in total. The van der Waals surface area contributed by atoms with Crippen LogP contribution in [0.25, 0.3) is 11.5 Å². The normalized spacial score (nSPS) is 12.1. The molecule has 0 saturated heterocycles. The van der Waals surface area contributed by atoms with Crippen LogP contribution in [0, 0.1) is 0 Å². The molecule has 6 heteroatoms. The fourth-order valence-electron chi connectivity index (χ4n) is 1.48. The van der Waals surface area contributed by atoms with Gasteiger partial charge in [0.25, 0.3) is 5.22 Å². The molecule has 0 bridgehead atoms. The zero-order valence-corrected chi connectivity index (χ0v) is 11.6. The molecule has 1 heterocycles. The van der Waals surface area contributed by atoms with E-state index in [1.165, 1.54) is 11.8 Å². The summed E-state index contributed by atoms with van der Waals surface area (Å²) in [6.07, 6.45) is 0. The van der Waals surface area contributed by atoms with Gasteiger partial charge in [-0.1, -0.05) is 30.0 Å². The van der Waals surface area contributed by atoms with Gasteiger partial charge in [0.05, 0.1) is 5.25 Å². The molecule has 100 valence electrons. The highest BCUT2D eigenvalue weighted by Gasteiger charge is 2.17. The number of hydrogen-bond acceptors (Lipinski definition) is 5. The van der Waals surface area contributed by atoms with Gasteiger partial charge >= 0.3 is 0 Å². The molecule has 0 aliphatic carbocycles. The number of benzene rings is 1. The summed E-state index contributed by atoms with van der Waals surface area (Å²) in [4.78, 5) is 11.6. The van der Waals surface area contributed by atoms with Crippen molar-refractivity contribution in [3.8, 4) is 11.5 Å². The third-order valence-electron chi connectivity index (χ3n) is 2.43. The number of amides is 1. The number of rotatable bonds is 5. The maximum Gasteiger partial charge on any atom is 0.277 e. The second-order valence-electron chi connectivity index (χ2n) is 3.89. The average Bonchev–Trinajstić information content (AvgIpc) is 2.88. The van der Waals surface area contributed by atoms with Crippen molar-refractivity contribution < 1.29 is 9.21 Å². The van der Waals surface area contributed by atoms with Crippen LogP contribution in [0.2, 0.25) is 0 Å². The summed E-state index contributed by atoms with van der Waals surface area (Å²) in [5.41, 5.74) is 0.868. The van der Waals surface area contributed by atoms with Crippen molar-refractivity contribution in [3.63, 3.8) is 0 Å². The number of carbonyl (C=O) groups is 1. The fraction of sp³-hybridized carbons (Fsp3) is 0.308. The largest absolute Gasteiger partial charge is 0.411 e. The van der Waals surface area contributed by atoms with Crippen LogP contribution in [0.5, 0.6) is 0 Å². The summed E-state index contributed by atoms with van der Waals surface area (Å²) in [5, 5.41) is 10.8. The van der Waals surface area contributed by atoms with Gasteiger partial charge in [-0.2, -0.15) is 0 Å². The van der Waals surface area contributed by atoms with Gasteiger partial charge in [0.15, 0.2) is 0 Å². The highest BCUT2D eigenvalue weighted by Crippen LogP contribution is 2.25. The van der Waals surface area contributed by atoms with Gasteiger partial charge in [-0.25, -0.2) is 0 Å². The summed E-state index contributed by atoms with van der Waals surface area (Å²) >= 11 is 1.25. The molecule has 1 amide bonds. The first-order valence-electron chi connectivity index (χ1n) is 6.04. The van der Waals surface area contributed by atoms with Gasteiger partial charge in [0.2, 0.25) is 11.8 Å². The SMILES string of the molecule is CCNC(=O)[C@@H](C)Sc1nnc(-c2ccccc2)o1. The molecule has 0 saturated carbocycles. The van der Waals surface area contributed by atoms with E-state index in [1.54, 1.807) is 0 Å². The summed E-state index contributed by atoms with van der Waals surface area (Å²) in [6, 6.07) is 9.53. The Hall–Kier alpha value is -1.82. The van der Waals surface area contributed by atoms with E-state index >= 15 is 0 Å². The fourth-order valence-corrected chi connectivity index (χ4v) is 2.19. The molecule has 19 heavy (non-hydrogen) atoms. The molecule has 0 radical (unpaired) electrons. The monoisotopic (exact) mass is 277 g/mol. The zero-order valence-electron chi connectivity index (χ0n) is 10.8. The molecule has 1 N–H and O–H groups in total. The topological polar surface area (TPSA) is 68.0 Å². The lowest BCUT2D eigenvalue weighted by atomic mass is 10.2. The molecule has 0 fully saturated rings. The van der Waals surface area contributed by atoms with Crippen molar-refractivity contribution in [3.05, 3.63) is 30.3 Å². The van der Waals surface area contributed by atoms with E-state index < -0.39 is 0 Å². The Balaban J connectivity index is 2.04. The lowest BCUT2D eigenvalue weighted by molar-refractivity contribution is -0.120. The highest BCUT2D eigenvalue weighted by molar-refractivity contribution is 8.00. The second-order valence-corrected chi connectivity index (χ2v) is 5.19. The molecule has 0 unspecified atom stereocenters. The van der Waals surface area contributed by atoms with Crippen molar-refractivity contribution in [1.82, 2.24) is 15.5 Å². The summed E-state index contributed by atoms with van der Waals surface area (Å²) in [5.74, 6) is 0.429. The third-order valence-corrected chi connectivity index (χ3v) is 3.36. The van der Waals surface area contributed by atoms with Gasteiger partial charge < -0.3 is 9.73 Å². The molecule has 1 atom stereocenters. The van der Waals surface area contributed by atoms with Crippen LogP contribution < -0.4 is 5.32 Å². The molecular formula is C13H15N3O2S. The summed E-state index contributed by atoms with van der Waals surface area (Å²) in [7, 11) is 0. The number of aromatic nitrogens is 2. The number of nitrogens with zero attached hydrogens (tertiary/aromatic N) is 2. The number of carbonyl (C=O) groups excluding carboxylic acids is 1. The van der Waals surface area contributed by atoms with E-state index in [0.29, 0.717) is 17.7 Å². The van der Waals surface area contributed by atoms with Gasteiger partial charge in [0, 0.05) is 12.1 Å². The van der Waals surface area contributed by atoms with Crippen LogP contribution in [-0.2, 0) is 4.79 Å². The van der Waals surface area contributed by atoms with E-state index in [0.717, 1.165) is 5.56 Å². The van der Waals surface area contributed by atoms with Crippen LogP contribution in [0.1, 0.15) is 13.8 Å². The van der Waals surface area contributed by atoms with Crippen LogP contribution in [0.4, 0.5) is 0 Å². The van der Waals surface area contributed by atoms with Gasteiger partial charge in [-0.15, -0.1) is 10.2 Å². The van der Waals surface area contributed by atoms with E-state index in [4.69, 9.17) is 4.42 Å². The number of nitrogens with one attached hydrogen (secondary N) is 1. The molecule has 0 aliphatic heterocycles. The van der Waals surface area contributed by atoms with Gasteiger partial charge in [0.1, 0.15) is 0 Å². The van der Waals surface area contributed by atoms with Crippen molar-refractivity contribution >= 4 is 17.7 Å². The molecule has 2 aromatic rings. The van der Waals surface area contributed by atoms with Gasteiger partial charge in [-0.05, 0) is 26.0 Å². The van der Waals surface area contributed by atoms with Crippen LogP contribution in [0.3, 0.4) is 0 Å². The maximum absolute atomic E-state index is 11.6. The van der Waals surface area contributed by atoms with E-state index in [1.807, 2.05) is 44.2 Å². The first-order chi connectivity index (χ1) is 9.20. The smallest absolute Gasteiger partial charge is 0.277 e. The summed E-state index contributed by atoms with van der Waals surface area (Å²) in [6.45, 7) is 4.31. The van der Waals surface area contributed by atoms with E-state index in [-0.39, 0.29) is 11.2 Å². The standard InChI is InChI=1S/C13H15N3O2S/c1-3-14-11(17)9(2)19-13-16-15-12(18-13)10-7-5-4-6-8-10/h4-9H,3H2,1-2H3,(H,14,17)/t9-/m1/s1. The predicted octanol–water partition coefficient (Wildman–Crippen LogP) is 2.35. The lowest BCUT2D eigenvalue weighted by Crippen LogP contribution is -2.30. The Labute approximate surface area is 115 Å². The molecule has 2 rings (SSSR count). The van der Waals surface area contributed by atoms with E-state index in [9.17, 15) is 4.79 Å². The quantitative estimate of drug-likeness (QED) is 0.850. The van der Waals surface area contributed by atoms with Crippen molar-refractivity contribution in [2.45, 2.75) is 24.3 Å². The molecule has 1 aromatic carbocycles.